The molecule has 3 aromatic rings. The van der Waals surface area contributed by atoms with Crippen molar-refractivity contribution in [3.8, 4) is 0 Å². The molecule has 0 bridgehead atoms. The summed E-state index contributed by atoms with van der Waals surface area (Å²) in [6, 6.07) is 22.8. The Kier molecular flexibility index (Phi) is 6.57. The number of hydrogen-bond acceptors (Lipinski definition) is 3. The van der Waals surface area contributed by atoms with Gasteiger partial charge in [-0.2, -0.15) is 0 Å². The van der Waals surface area contributed by atoms with Gasteiger partial charge in [0.05, 0.1) is 10.6 Å². The molecule has 0 aliphatic rings. The number of nitrogens with zero attached hydrogens (tertiary/aromatic N) is 1. The molecule has 0 saturated carbocycles. The van der Waals surface area contributed by atoms with Crippen LogP contribution in [0.2, 0.25) is 0 Å². The lowest BCUT2D eigenvalue weighted by molar-refractivity contribution is -0.114. The van der Waals surface area contributed by atoms with Crippen molar-refractivity contribution >= 4 is 27.3 Å². The van der Waals surface area contributed by atoms with Gasteiger partial charge in [0.2, 0.25) is 5.91 Å². The molecular formula is C24H26N2O3S. The Hall–Kier alpha value is -3.12. The van der Waals surface area contributed by atoms with E-state index in [0.29, 0.717) is 11.4 Å². The molecule has 3 aromatic carbocycles. The van der Waals surface area contributed by atoms with Gasteiger partial charge in [-0.15, -0.1) is 0 Å². The molecule has 0 saturated heterocycles. The normalized spacial score (nSPS) is 11.3. The van der Waals surface area contributed by atoms with Gasteiger partial charge in [0, 0.05) is 5.69 Å². The molecule has 0 aromatic heterocycles. The monoisotopic (exact) mass is 422 g/mol. The number of nitrogens with one attached hydrogen (secondary N) is 1. The quantitative estimate of drug-likeness (QED) is 0.586. The average molecular weight is 423 g/mol. The van der Waals surface area contributed by atoms with Crippen LogP contribution in [0.5, 0.6) is 0 Å². The number of sulfonamides is 1. The zero-order valence-corrected chi connectivity index (χ0v) is 18.2. The molecule has 1 amide bonds. The van der Waals surface area contributed by atoms with Crippen molar-refractivity contribution in [3.63, 3.8) is 0 Å². The third-order valence-electron chi connectivity index (χ3n) is 4.76. The first-order chi connectivity index (χ1) is 14.3. The van der Waals surface area contributed by atoms with Gasteiger partial charge in [-0.3, -0.25) is 9.10 Å². The first-order valence-electron chi connectivity index (χ1n) is 9.82. The number of anilines is 2. The summed E-state index contributed by atoms with van der Waals surface area (Å²) in [5.41, 5.74) is 3.05. The second kappa shape index (κ2) is 9.13. The van der Waals surface area contributed by atoms with Gasteiger partial charge in [0.1, 0.15) is 6.54 Å². The van der Waals surface area contributed by atoms with E-state index in [1.807, 2.05) is 51.1 Å². The lowest BCUT2D eigenvalue weighted by Crippen LogP contribution is -2.38. The maximum Gasteiger partial charge on any atom is 0.264 e. The van der Waals surface area contributed by atoms with Crippen molar-refractivity contribution < 1.29 is 13.2 Å². The first-order valence-corrected chi connectivity index (χ1v) is 11.3. The highest BCUT2D eigenvalue weighted by molar-refractivity contribution is 7.92. The van der Waals surface area contributed by atoms with E-state index in [-0.39, 0.29) is 17.4 Å². The summed E-state index contributed by atoms with van der Waals surface area (Å²) in [6.07, 6.45) is 0. The van der Waals surface area contributed by atoms with E-state index >= 15 is 0 Å². The maximum absolute atomic E-state index is 13.4. The van der Waals surface area contributed by atoms with Gasteiger partial charge < -0.3 is 5.32 Å². The molecule has 6 heteroatoms. The zero-order valence-electron chi connectivity index (χ0n) is 17.4. The Morgan fingerprint density at radius 1 is 0.933 bits per heavy atom. The summed E-state index contributed by atoms with van der Waals surface area (Å²) in [7, 11) is -3.91. The van der Waals surface area contributed by atoms with Crippen molar-refractivity contribution in [2.75, 3.05) is 16.2 Å². The van der Waals surface area contributed by atoms with Crippen LogP contribution in [0.15, 0.2) is 83.8 Å². The molecule has 30 heavy (non-hydrogen) atoms. The minimum atomic E-state index is -3.91. The lowest BCUT2D eigenvalue weighted by atomic mass is 10.0. The fraction of sp³-hybridized carbons (Fsp3) is 0.208. The highest BCUT2D eigenvalue weighted by atomic mass is 32.2. The van der Waals surface area contributed by atoms with Crippen LogP contribution < -0.4 is 9.62 Å². The Morgan fingerprint density at radius 3 is 2.27 bits per heavy atom. The van der Waals surface area contributed by atoms with Gasteiger partial charge in [-0.1, -0.05) is 62.4 Å². The van der Waals surface area contributed by atoms with Crippen molar-refractivity contribution in [2.45, 2.75) is 31.6 Å². The molecule has 0 unspecified atom stereocenters. The summed E-state index contributed by atoms with van der Waals surface area (Å²) in [4.78, 5) is 13.1. The molecule has 0 spiro atoms. The third-order valence-corrected chi connectivity index (χ3v) is 6.55. The van der Waals surface area contributed by atoms with Crippen molar-refractivity contribution in [1.29, 1.82) is 0 Å². The van der Waals surface area contributed by atoms with Crippen LogP contribution in [-0.2, 0) is 14.8 Å². The van der Waals surface area contributed by atoms with Crippen LogP contribution in [0.4, 0.5) is 11.4 Å². The number of rotatable bonds is 7. The highest BCUT2D eigenvalue weighted by Gasteiger charge is 2.27. The fourth-order valence-electron chi connectivity index (χ4n) is 3.25. The molecule has 156 valence electrons. The van der Waals surface area contributed by atoms with Crippen LogP contribution >= 0.6 is 0 Å². The van der Waals surface area contributed by atoms with Crippen LogP contribution in [0.25, 0.3) is 0 Å². The Labute approximate surface area is 178 Å². The number of carbonyl (C=O) groups is 1. The number of hydrogen-bond donors (Lipinski definition) is 1. The number of amides is 1. The minimum Gasteiger partial charge on any atom is -0.324 e. The minimum absolute atomic E-state index is 0.141. The number of para-hydroxylation sites is 1. The van der Waals surface area contributed by atoms with Crippen LogP contribution in [0, 0.1) is 6.92 Å². The van der Waals surface area contributed by atoms with Gasteiger partial charge in [-0.05, 0) is 54.3 Å². The summed E-state index contributed by atoms with van der Waals surface area (Å²) >= 11 is 0. The number of benzene rings is 3. The lowest BCUT2D eigenvalue weighted by Gasteiger charge is -2.25. The first kappa shape index (κ1) is 21.6. The van der Waals surface area contributed by atoms with E-state index in [9.17, 15) is 13.2 Å². The standard InChI is InChI=1S/C24H26N2O3S/c1-18(2)22-14-7-8-15-23(22)25-24(27)17-26(20-11-9-10-19(3)16-20)30(28,29)21-12-5-4-6-13-21/h4-16,18H,17H2,1-3H3,(H,25,27). The molecule has 0 fully saturated rings. The second-order valence-corrected chi connectivity index (χ2v) is 9.32. The average Bonchev–Trinajstić information content (AvgIpc) is 2.73. The number of aryl methyl sites for hydroxylation is 1. The molecule has 0 heterocycles. The van der Waals surface area contributed by atoms with Gasteiger partial charge in [-0.25, -0.2) is 8.42 Å². The van der Waals surface area contributed by atoms with Gasteiger partial charge in [0.15, 0.2) is 0 Å². The van der Waals surface area contributed by atoms with E-state index in [1.165, 1.54) is 12.1 Å². The SMILES string of the molecule is Cc1cccc(N(CC(=O)Nc2ccccc2C(C)C)S(=O)(=O)c2ccccc2)c1. The van der Waals surface area contributed by atoms with Gasteiger partial charge >= 0.3 is 0 Å². The molecule has 0 atom stereocenters. The largest absolute Gasteiger partial charge is 0.324 e. The predicted octanol–water partition coefficient (Wildman–Crippen LogP) is 4.95. The summed E-state index contributed by atoms with van der Waals surface area (Å²) in [6.45, 7) is 5.65. The molecule has 3 rings (SSSR count). The van der Waals surface area contributed by atoms with Gasteiger partial charge in [0.25, 0.3) is 10.0 Å². The third kappa shape index (κ3) is 4.89. The van der Waals surface area contributed by atoms with Crippen molar-refractivity contribution in [2.24, 2.45) is 0 Å². The molecule has 1 N–H and O–H groups in total. The zero-order chi connectivity index (χ0) is 21.7. The summed E-state index contributed by atoms with van der Waals surface area (Å²) < 4.78 is 27.9. The van der Waals surface area contributed by atoms with E-state index in [0.717, 1.165) is 15.4 Å². The number of carbonyl (C=O) groups excluding carboxylic acids is 1. The maximum atomic E-state index is 13.4. The van der Waals surface area contributed by atoms with E-state index in [1.54, 1.807) is 36.4 Å². The molecular weight excluding hydrogens is 396 g/mol. The summed E-state index contributed by atoms with van der Waals surface area (Å²) in [5, 5.41) is 2.89. The molecule has 0 aliphatic carbocycles. The Morgan fingerprint density at radius 2 is 1.60 bits per heavy atom. The predicted molar refractivity (Wildman–Crippen MR) is 121 cm³/mol. The van der Waals surface area contributed by atoms with Crippen LogP contribution in [0.1, 0.15) is 30.9 Å². The fourth-order valence-corrected chi connectivity index (χ4v) is 4.69. The Bertz CT molecular complexity index is 1130. The highest BCUT2D eigenvalue weighted by Crippen LogP contribution is 2.26. The van der Waals surface area contributed by atoms with Crippen molar-refractivity contribution in [3.05, 3.63) is 90.0 Å². The van der Waals surface area contributed by atoms with E-state index in [2.05, 4.69) is 5.32 Å². The van der Waals surface area contributed by atoms with Crippen LogP contribution in [-0.4, -0.2) is 20.9 Å². The second-order valence-electron chi connectivity index (χ2n) is 7.45. The molecule has 0 radical (unpaired) electrons. The molecule has 5 nitrogen and oxygen atoms in total. The van der Waals surface area contributed by atoms with E-state index < -0.39 is 15.9 Å². The topological polar surface area (TPSA) is 66.5 Å². The van der Waals surface area contributed by atoms with Crippen molar-refractivity contribution in [1.82, 2.24) is 0 Å². The summed E-state index contributed by atoms with van der Waals surface area (Å²) in [5.74, 6) is -0.175. The smallest absolute Gasteiger partial charge is 0.264 e. The van der Waals surface area contributed by atoms with Crippen LogP contribution in [0.3, 0.4) is 0 Å². The molecule has 0 aliphatic heterocycles. The van der Waals surface area contributed by atoms with E-state index in [4.69, 9.17) is 0 Å². The Balaban J connectivity index is 1.95.